The molecule has 2 rings (SSSR count). The van der Waals surface area contributed by atoms with Gasteiger partial charge in [-0.25, -0.2) is 0 Å². The van der Waals surface area contributed by atoms with Crippen LogP contribution in [0, 0.1) is 5.92 Å². The van der Waals surface area contributed by atoms with Gasteiger partial charge in [-0.05, 0) is 31.6 Å². The lowest BCUT2D eigenvalue weighted by Crippen LogP contribution is -2.62. The standard InChI is InChI=1S/C15H26N2O2/c1-3-12(4-2)17-10-13(18)16-14(15(17)19)11-8-6-5-7-9-11/h11-12,14H,3-10H2,1-2H3,(H,16,18). The average Bonchev–Trinajstić information content (AvgIpc) is 2.44. The number of amides is 2. The largest absolute Gasteiger partial charge is 0.342 e. The normalized spacial score (nSPS) is 25.8. The minimum Gasteiger partial charge on any atom is -0.342 e. The van der Waals surface area contributed by atoms with Crippen LogP contribution in [0.2, 0.25) is 0 Å². The second-order valence-electron chi connectivity index (χ2n) is 5.88. The first-order chi connectivity index (χ1) is 9.17. The Morgan fingerprint density at radius 2 is 1.79 bits per heavy atom. The number of nitrogens with one attached hydrogen (secondary N) is 1. The molecule has 0 bridgehead atoms. The van der Waals surface area contributed by atoms with E-state index in [1.807, 2.05) is 4.90 Å². The van der Waals surface area contributed by atoms with Crippen LogP contribution in [0.1, 0.15) is 58.8 Å². The summed E-state index contributed by atoms with van der Waals surface area (Å²) in [6.07, 6.45) is 7.65. The third kappa shape index (κ3) is 3.10. The molecule has 1 unspecified atom stereocenters. The topological polar surface area (TPSA) is 49.4 Å². The van der Waals surface area contributed by atoms with Gasteiger partial charge in [0.05, 0.1) is 6.54 Å². The molecule has 1 N–H and O–H groups in total. The molecule has 19 heavy (non-hydrogen) atoms. The highest BCUT2D eigenvalue weighted by Crippen LogP contribution is 2.29. The Kier molecular flexibility index (Phi) is 4.83. The third-order valence-corrected chi connectivity index (χ3v) is 4.68. The smallest absolute Gasteiger partial charge is 0.246 e. The van der Waals surface area contributed by atoms with Crippen molar-refractivity contribution < 1.29 is 9.59 Å². The van der Waals surface area contributed by atoms with Crippen LogP contribution in [-0.4, -0.2) is 35.3 Å². The van der Waals surface area contributed by atoms with Gasteiger partial charge >= 0.3 is 0 Å². The molecule has 1 aliphatic carbocycles. The van der Waals surface area contributed by atoms with Gasteiger partial charge in [-0.1, -0.05) is 33.1 Å². The quantitative estimate of drug-likeness (QED) is 0.847. The molecule has 1 heterocycles. The van der Waals surface area contributed by atoms with Crippen molar-refractivity contribution in [3.05, 3.63) is 0 Å². The van der Waals surface area contributed by atoms with E-state index >= 15 is 0 Å². The zero-order valence-electron chi connectivity index (χ0n) is 12.2. The van der Waals surface area contributed by atoms with Crippen LogP contribution in [0.25, 0.3) is 0 Å². The van der Waals surface area contributed by atoms with Crippen molar-refractivity contribution in [2.45, 2.75) is 70.9 Å². The van der Waals surface area contributed by atoms with Crippen LogP contribution in [0.4, 0.5) is 0 Å². The molecule has 0 radical (unpaired) electrons. The number of hydrogen-bond acceptors (Lipinski definition) is 2. The number of piperazine rings is 1. The maximum absolute atomic E-state index is 12.6. The lowest BCUT2D eigenvalue weighted by molar-refractivity contribution is -0.148. The van der Waals surface area contributed by atoms with Crippen LogP contribution in [0.5, 0.6) is 0 Å². The first kappa shape index (κ1) is 14.4. The van der Waals surface area contributed by atoms with Gasteiger partial charge in [0, 0.05) is 6.04 Å². The molecular formula is C15H26N2O2. The van der Waals surface area contributed by atoms with E-state index < -0.39 is 0 Å². The summed E-state index contributed by atoms with van der Waals surface area (Å²) < 4.78 is 0. The summed E-state index contributed by atoms with van der Waals surface area (Å²) in [6.45, 7) is 4.42. The zero-order valence-corrected chi connectivity index (χ0v) is 12.2. The van der Waals surface area contributed by atoms with E-state index in [4.69, 9.17) is 0 Å². The molecule has 2 aliphatic rings. The predicted molar refractivity (Wildman–Crippen MR) is 74.6 cm³/mol. The molecule has 2 amide bonds. The predicted octanol–water partition coefficient (Wildman–Crippen LogP) is 2.08. The molecule has 1 saturated heterocycles. The Morgan fingerprint density at radius 3 is 2.37 bits per heavy atom. The van der Waals surface area contributed by atoms with Gasteiger partial charge in [-0.2, -0.15) is 0 Å². The zero-order chi connectivity index (χ0) is 13.8. The highest BCUT2D eigenvalue weighted by molar-refractivity contribution is 5.95. The van der Waals surface area contributed by atoms with E-state index in [2.05, 4.69) is 19.2 Å². The average molecular weight is 266 g/mol. The van der Waals surface area contributed by atoms with Gasteiger partial charge in [0.2, 0.25) is 11.8 Å². The van der Waals surface area contributed by atoms with E-state index in [1.165, 1.54) is 19.3 Å². The summed E-state index contributed by atoms with van der Waals surface area (Å²) in [5.41, 5.74) is 0. The summed E-state index contributed by atoms with van der Waals surface area (Å²) in [7, 11) is 0. The lowest BCUT2D eigenvalue weighted by Gasteiger charge is -2.41. The van der Waals surface area contributed by atoms with Crippen LogP contribution in [0.15, 0.2) is 0 Å². The van der Waals surface area contributed by atoms with E-state index in [0.717, 1.165) is 25.7 Å². The molecule has 1 aliphatic heterocycles. The van der Waals surface area contributed by atoms with Gasteiger partial charge in [-0.3, -0.25) is 9.59 Å². The Balaban J connectivity index is 2.10. The van der Waals surface area contributed by atoms with E-state index in [1.54, 1.807) is 0 Å². The van der Waals surface area contributed by atoms with Crippen molar-refractivity contribution in [3.63, 3.8) is 0 Å². The van der Waals surface area contributed by atoms with E-state index in [0.29, 0.717) is 5.92 Å². The summed E-state index contributed by atoms with van der Waals surface area (Å²) >= 11 is 0. The molecule has 108 valence electrons. The van der Waals surface area contributed by atoms with Crippen molar-refractivity contribution in [1.82, 2.24) is 10.2 Å². The molecule has 0 aromatic carbocycles. The molecular weight excluding hydrogens is 240 g/mol. The molecule has 1 saturated carbocycles. The number of carbonyl (C=O) groups is 2. The van der Waals surface area contributed by atoms with Crippen molar-refractivity contribution in [3.8, 4) is 0 Å². The van der Waals surface area contributed by atoms with Crippen molar-refractivity contribution in [2.24, 2.45) is 5.92 Å². The van der Waals surface area contributed by atoms with Gasteiger partial charge in [0.15, 0.2) is 0 Å². The third-order valence-electron chi connectivity index (χ3n) is 4.68. The maximum atomic E-state index is 12.6. The Labute approximate surface area is 115 Å². The summed E-state index contributed by atoms with van der Waals surface area (Å²) in [5.74, 6) is 0.518. The Morgan fingerprint density at radius 1 is 1.16 bits per heavy atom. The fraction of sp³-hybridized carbons (Fsp3) is 0.867. The first-order valence-electron chi connectivity index (χ1n) is 7.77. The lowest BCUT2D eigenvalue weighted by atomic mass is 9.82. The molecule has 4 nitrogen and oxygen atoms in total. The molecule has 0 aromatic rings. The number of hydrogen-bond donors (Lipinski definition) is 1. The van der Waals surface area contributed by atoms with E-state index in [9.17, 15) is 9.59 Å². The number of rotatable bonds is 4. The fourth-order valence-electron chi connectivity index (χ4n) is 3.52. The van der Waals surface area contributed by atoms with Crippen molar-refractivity contribution >= 4 is 11.8 Å². The van der Waals surface area contributed by atoms with Gasteiger partial charge in [0.25, 0.3) is 0 Å². The molecule has 2 fully saturated rings. The second kappa shape index (κ2) is 6.40. The highest BCUT2D eigenvalue weighted by Gasteiger charge is 2.39. The summed E-state index contributed by atoms with van der Waals surface area (Å²) in [5, 5.41) is 2.94. The maximum Gasteiger partial charge on any atom is 0.246 e. The highest BCUT2D eigenvalue weighted by atomic mass is 16.2. The van der Waals surface area contributed by atoms with E-state index in [-0.39, 0.29) is 30.4 Å². The monoisotopic (exact) mass is 266 g/mol. The summed E-state index contributed by atoms with van der Waals surface area (Å²) in [4.78, 5) is 26.4. The van der Waals surface area contributed by atoms with Crippen LogP contribution in [0.3, 0.4) is 0 Å². The fourth-order valence-corrected chi connectivity index (χ4v) is 3.52. The van der Waals surface area contributed by atoms with Crippen molar-refractivity contribution in [1.29, 1.82) is 0 Å². The Hall–Kier alpha value is -1.06. The Bertz CT molecular complexity index is 333. The molecule has 0 spiro atoms. The minimum atomic E-state index is -0.262. The summed E-state index contributed by atoms with van der Waals surface area (Å²) in [6, 6.07) is -0.0493. The number of carbonyl (C=O) groups excluding carboxylic acids is 2. The van der Waals surface area contributed by atoms with Gasteiger partial charge in [0.1, 0.15) is 6.04 Å². The van der Waals surface area contributed by atoms with Crippen LogP contribution >= 0.6 is 0 Å². The minimum absolute atomic E-state index is 0.0158. The molecule has 0 aromatic heterocycles. The number of nitrogens with zero attached hydrogens (tertiary/aromatic N) is 1. The first-order valence-corrected chi connectivity index (χ1v) is 7.77. The van der Waals surface area contributed by atoms with Gasteiger partial charge < -0.3 is 10.2 Å². The molecule has 1 atom stereocenters. The van der Waals surface area contributed by atoms with Gasteiger partial charge in [-0.15, -0.1) is 0 Å². The second-order valence-corrected chi connectivity index (χ2v) is 5.88. The van der Waals surface area contributed by atoms with Crippen LogP contribution < -0.4 is 5.32 Å². The SMILES string of the molecule is CCC(CC)N1CC(=O)NC(C2CCCCC2)C1=O. The molecule has 4 heteroatoms. The van der Waals surface area contributed by atoms with Crippen molar-refractivity contribution in [2.75, 3.05) is 6.54 Å². The van der Waals surface area contributed by atoms with Crippen LogP contribution in [-0.2, 0) is 9.59 Å².